The summed E-state index contributed by atoms with van der Waals surface area (Å²) < 4.78 is 5.63. The van der Waals surface area contributed by atoms with Gasteiger partial charge in [-0.3, -0.25) is 10.00 Å². The molecule has 3 atom stereocenters. The molecule has 0 amide bonds. The normalized spacial score (nSPS) is 34.4. The van der Waals surface area contributed by atoms with E-state index in [9.17, 15) is 5.11 Å². The van der Waals surface area contributed by atoms with E-state index in [1.54, 1.807) is 0 Å². The van der Waals surface area contributed by atoms with Gasteiger partial charge in [0.25, 0.3) is 0 Å². The molecule has 2 saturated heterocycles. The van der Waals surface area contributed by atoms with E-state index >= 15 is 0 Å². The summed E-state index contributed by atoms with van der Waals surface area (Å²) in [6.45, 7) is 7.18. The summed E-state index contributed by atoms with van der Waals surface area (Å²) in [5, 5.41) is 17.9. The number of aromatic nitrogens is 3. The van der Waals surface area contributed by atoms with Crippen LogP contribution in [0.1, 0.15) is 44.8 Å². The second-order valence-corrected chi connectivity index (χ2v) is 6.52. The summed E-state index contributed by atoms with van der Waals surface area (Å²) in [6.07, 6.45) is 3.88. The lowest BCUT2D eigenvalue weighted by Gasteiger charge is -2.43. The number of H-pyrrole nitrogens is 1. The van der Waals surface area contributed by atoms with Gasteiger partial charge in [0.15, 0.2) is 0 Å². The lowest BCUT2D eigenvalue weighted by molar-refractivity contribution is -0.123. The van der Waals surface area contributed by atoms with Crippen LogP contribution in [0, 0.1) is 5.92 Å². The maximum Gasteiger partial charge on any atom is 0.150 e. The first kappa shape index (κ1) is 14.9. The van der Waals surface area contributed by atoms with Crippen molar-refractivity contribution in [3.63, 3.8) is 0 Å². The van der Waals surface area contributed by atoms with Gasteiger partial charge in [-0.1, -0.05) is 6.92 Å². The van der Waals surface area contributed by atoms with E-state index < -0.39 is 5.60 Å². The molecule has 118 valence electrons. The van der Waals surface area contributed by atoms with Gasteiger partial charge in [0.1, 0.15) is 11.6 Å². The molecule has 1 aromatic heterocycles. The van der Waals surface area contributed by atoms with Crippen molar-refractivity contribution in [2.75, 3.05) is 19.8 Å². The molecule has 3 rings (SSSR count). The van der Waals surface area contributed by atoms with E-state index in [4.69, 9.17) is 4.74 Å². The number of hydrogen-bond acceptors (Lipinski definition) is 5. The highest BCUT2D eigenvalue weighted by Gasteiger charge is 2.44. The smallest absolute Gasteiger partial charge is 0.150 e. The maximum atomic E-state index is 10.7. The number of rotatable bonds is 4. The summed E-state index contributed by atoms with van der Waals surface area (Å²) in [6, 6.07) is 0.371. The lowest BCUT2D eigenvalue weighted by Crippen LogP contribution is -2.52. The fourth-order valence-electron chi connectivity index (χ4n) is 3.64. The molecule has 2 aliphatic rings. The highest BCUT2D eigenvalue weighted by atomic mass is 16.5. The first-order valence-corrected chi connectivity index (χ1v) is 8.04. The molecular weight excluding hydrogens is 268 g/mol. The Hall–Kier alpha value is -0.980. The molecule has 2 aliphatic heterocycles. The van der Waals surface area contributed by atoms with Crippen LogP contribution in [0.3, 0.4) is 0 Å². The third-order valence-corrected chi connectivity index (χ3v) is 4.97. The summed E-state index contributed by atoms with van der Waals surface area (Å²) in [5.41, 5.74) is -0.624. The van der Waals surface area contributed by atoms with Crippen molar-refractivity contribution >= 4 is 0 Å². The molecule has 0 radical (unpaired) electrons. The fourth-order valence-corrected chi connectivity index (χ4v) is 3.64. The summed E-state index contributed by atoms with van der Waals surface area (Å²) in [4.78, 5) is 6.93. The van der Waals surface area contributed by atoms with Crippen molar-refractivity contribution in [1.82, 2.24) is 20.1 Å². The van der Waals surface area contributed by atoms with Crippen molar-refractivity contribution in [3.05, 3.63) is 11.6 Å². The van der Waals surface area contributed by atoms with E-state index in [0.717, 1.165) is 44.0 Å². The SMILES string of the molecule is CCc1n[nH]c(CN2CCC[C@@H]2[C@H]2COCC[C@]2(C)O)n1. The Kier molecular flexibility index (Phi) is 4.28. The molecule has 2 fully saturated rings. The van der Waals surface area contributed by atoms with Crippen molar-refractivity contribution in [3.8, 4) is 0 Å². The maximum absolute atomic E-state index is 10.7. The Labute approximate surface area is 125 Å². The highest BCUT2D eigenvalue weighted by molar-refractivity contribution is 4.98. The lowest BCUT2D eigenvalue weighted by atomic mass is 9.79. The Morgan fingerprint density at radius 1 is 1.52 bits per heavy atom. The number of aryl methyl sites for hydroxylation is 1. The zero-order valence-electron chi connectivity index (χ0n) is 13.0. The third kappa shape index (κ3) is 3.12. The standard InChI is InChI=1S/C15H26N4O2/c1-3-13-16-14(18-17-13)9-19-7-4-5-12(19)11-10-21-8-6-15(11,2)20/h11-12,20H,3-10H2,1-2H3,(H,16,17,18)/t11-,12-,15+/m1/s1. The van der Waals surface area contributed by atoms with E-state index in [-0.39, 0.29) is 5.92 Å². The monoisotopic (exact) mass is 294 g/mol. The molecule has 0 bridgehead atoms. The molecule has 1 aromatic rings. The zero-order chi connectivity index (χ0) is 14.9. The molecular formula is C15H26N4O2. The Bertz CT molecular complexity index is 474. The van der Waals surface area contributed by atoms with Crippen LogP contribution in [0.2, 0.25) is 0 Å². The predicted molar refractivity (Wildman–Crippen MR) is 78.7 cm³/mol. The average molecular weight is 294 g/mol. The average Bonchev–Trinajstić information content (AvgIpc) is 3.08. The Balaban J connectivity index is 1.70. The number of nitrogens with zero attached hydrogens (tertiary/aromatic N) is 3. The molecule has 6 heteroatoms. The van der Waals surface area contributed by atoms with Crippen LogP contribution in [0.15, 0.2) is 0 Å². The first-order chi connectivity index (χ1) is 10.1. The quantitative estimate of drug-likeness (QED) is 0.870. The number of hydrogen-bond donors (Lipinski definition) is 2. The van der Waals surface area contributed by atoms with Gasteiger partial charge >= 0.3 is 0 Å². The van der Waals surface area contributed by atoms with Crippen LogP contribution in [0.5, 0.6) is 0 Å². The van der Waals surface area contributed by atoms with Crippen LogP contribution >= 0.6 is 0 Å². The summed E-state index contributed by atoms with van der Waals surface area (Å²) >= 11 is 0. The third-order valence-electron chi connectivity index (χ3n) is 4.97. The van der Waals surface area contributed by atoms with Crippen LogP contribution in [0.4, 0.5) is 0 Å². The molecule has 0 aromatic carbocycles. The highest BCUT2D eigenvalue weighted by Crippen LogP contribution is 2.36. The second-order valence-electron chi connectivity index (χ2n) is 6.52. The van der Waals surface area contributed by atoms with Gasteiger partial charge in [-0.05, 0) is 32.7 Å². The number of aliphatic hydroxyl groups is 1. The van der Waals surface area contributed by atoms with Gasteiger partial charge in [0, 0.05) is 25.0 Å². The molecule has 6 nitrogen and oxygen atoms in total. The number of likely N-dealkylation sites (tertiary alicyclic amines) is 1. The second kappa shape index (κ2) is 6.02. The van der Waals surface area contributed by atoms with Crippen LogP contribution in [0.25, 0.3) is 0 Å². The molecule has 0 aliphatic carbocycles. The van der Waals surface area contributed by atoms with Crippen molar-refractivity contribution in [1.29, 1.82) is 0 Å². The van der Waals surface area contributed by atoms with Gasteiger partial charge in [-0.2, -0.15) is 5.10 Å². The zero-order valence-corrected chi connectivity index (χ0v) is 13.0. The summed E-state index contributed by atoms with van der Waals surface area (Å²) in [5.74, 6) is 1.98. The van der Waals surface area contributed by atoms with Crippen molar-refractivity contribution in [2.45, 2.75) is 57.7 Å². The Morgan fingerprint density at radius 3 is 3.10 bits per heavy atom. The van der Waals surface area contributed by atoms with Crippen LogP contribution in [-0.2, 0) is 17.7 Å². The fraction of sp³-hybridized carbons (Fsp3) is 0.867. The number of nitrogens with one attached hydrogen (secondary N) is 1. The van der Waals surface area contributed by atoms with Crippen LogP contribution in [-0.4, -0.2) is 56.6 Å². The van der Waals surface area contributed by atoms with Gasteiger partial charge in [0.05, 0.1) is 18.8 Å². The molecule has 3 heterocycles. The molecule has 2 N–H and O–H groups in total. The first-order valence-electron chi connectivity index (χ1n) is 8.04. The van der Waals surface area contributed by atoms with E-state index in [1.165, 1.54) is 6.42 Å². The topological polar surface area (TPSA) is 74.3 Å². The Morgan fingerprint density at radius 2 is 2.38 bits per heavy atom. The van der Waals surface area contributed by atoms with E-state index in [0.29, 0.717) is 19.3 Å². The van der Waals surface area contributed by atoms with Gasteiger partial charge < -0.3 is 9.84 Å². The molecule has 21 heavy (non-hydrogen) atoms. The molecule has 0 spiro atoms. The van der Waals surface area contributed by atoms with E-state index in [1.807, 2.05) is 6.92 Å². The largest absolute Gasteiger partial charge is 0.390 e. The van der Waals surface area contributed by atoms with Gasteiger partial charge in [-0.15, -0.1) is 0 Å². The molecule has 0 unspecified atom stereocenters. The predicted octanol–water partition coefficient (Wildman–Crippen LogP) is 1.12. The van der Waals surface area contributed by atoms with Crippen molar-refractivity contribution in [2.24, 2.45) is 5.92 Å². The minimum absolute atomic E-state index is 0.183. The van der Waals surface area contributed by atoms with Crippen LogP contribution < -0.4 is 0 Å². The summed E-state index contributed by atoms with van der Waals surface area (Å²) in [7, 11) is 0. The minimum Gasteiger partial charge on any atom is -0.390 e. The molecule has 0 saturated carbocycles. The van der Waals surface area contributed by atoms with Crippen molar-refractivity contribution < 1.29 is 9.84 Å². The van der Waals surface area contributed by atoms with Gasteiger partial charge in [0.2, 0.25) is 0 Å². The number of ether oxygens (including phenoxy) is 1. The van der Waals surface area contributed by atoms with E-state index in [2.05, 4.69) is 27.0 Å². The minimum atomic E-state index is -0.624. The number of aromatic amines is 1. The van der Waals surface area contributed by atoms with Gasteiger partial charge in [-0.25, -0.2) is 4.98 Å².